The third-order valence-electron chi connectivity index (χ3n) is 5.69. The van der Waals surface area contributed by atoms with Gasteiger partial charge in [-0.3, -0.25) is 13.6 Å². The lowest BCUT2D eigenvalue weighted by Crippen LogP contribution is -2.39. The van der Waals surface area contributed by atoms with E-state index in [9.17, 15) is 29.3 Å². The first-order valence-corrected chi connectivity index (χ1v) is 13.2. The number of phosphoric acid groups is 2. The van der Waals surface area contributed by atoms with Crippen molar-refractivity contribution in [3.8, 4) is 0 Å². The summed E-state index contributed by atoms with van der Waals surface area (Å²) >= 11 is 0. The molecule has 19 heteroatoms. The SMILES string of the molecule is Nc1nccc2c1ncn2[C@@H]1O[C@@H]2CO[P@@](=O)(OP(=O)(O)O[C@@H]3O[C@H](CO)[C@@H](O)[C@H]3O)O[C@H]2[C@H]1O. The first-order chi connectivity index (χ1) is 16.5. The van der Waals surface area contributed by atoms with Crippen molar-refractivity contribution in [2.75, 3.05) is 18.9 Å². The molecule has 3 saturated heterocycles. The fourth-order valence-electron chi connectivity index (χ4n) is 4.02. The van der Waals surface area contributed by atoms with E-state index in [-0.39, 0.29) is 5.82 Å². The van der Waals surface area contributed by atoms with Crippen LogP contribution >= 0.6 is 15.6 Å². The number of pyridine rings is 1. The van der Waals surface area contributed by atoms with Crippen molar-refractivity contribution in [2.45, 2.75) is 49.1 Å². The summed E-state index contributed by atoms with van der Waals surface area (Å²) in [6.07, 6.45) is -8.53. The highest BCUT2D eigenvalue weighted by Crippen LogP contribution is 2.67. The van der Waals surface area contributed by atoms with E-state index in [2.05, 4.69) is 18.8 Å². The van der Waals surface area contributed by atoms with Crippen molar-refractivity contribution < 1.29 is 61.8 Å². The number of imidazole rings is 1. The molecule has 0 bridgehead atoms. The lowest BCUT2D eigenvalue weighted by molar-refractivity contribution is -0.127. The van der Waals surface area contributed by atoms with E-state index in [0.717, 1.165) is 0 Å². The van der Waals surface area contributed by atoms with Crippen LogP contribution in [0.15, 0.2) is 18.6 Å². The molecule has 3 aliphatic heterocycles. The number of ether oxygens (including phenoxy) is 2. The maximum atomic E-state index is 12.9. The smallest absolute Gasteiger partial charge is 0.394 e. The molecule has 0 radical (unpaired) electrons. The molecule has 2 aromatic heterocycles. The van der Waals surface area contributed by atoms with E-state index in [1.165, 1.54) is 17.1 Å². The van der Waals surface area contributed by atoms with Crippen LogP contribution in [0.2, 0.25) is 0 Å². The number of phosphoric ester groups is 2. The minimum absolute atomic E-state index is 0.163. The molecule has 7 N–H and O–H groups in total. The van der Waals surface area contributed by atoms with E-state index in [0.29, 0.717) is 11.0 Å². The molecule has 5 rings (SSSR count). The number of fused-ring (bicyclic) bond motifs is 2. The predicted octanol–water partition coefficient (Wildman–Crippen LogP) is -1.63. The predicted molar refractivity (Wildman–Crippen MR) is 110 cm³/mol. The summed E-state index contributed by atoms with van der Waals surface area (Å²) in [6, 6.07) is 1.60. The molecule has 35 heavy (non-hydrogen) atoms. The lowest BCUT2D eigenvalue weighted by Gasteiger charge is -2.31. The zero-order valence-electron chi connectivity index (χ0n) is 17.6. The van der Waals surface area contributed by atoms with Crippen molar-refractivity contribution in [1.29, 1.82) is 0 Å². The third kappa shape index (κ3) is 4.53. The van der Waals surface area contributed by atoms with E-state index < -0.39 is 78.0 Å². The van der Waals surface area contributed by atoms with Crippen LogP contribution in [-0.4, -0.2) is 96.0 Å². The van der Waals surface area contributed by atoms with Gasteiger partial charge in [-0.25, -0.2) is 19.1 Å². The number of aliphatic hydroxyl groups is 4. The minimum Gasteiger partial charge on any atom is -0.394 e. The molecule has 3 fully saturated rings. The number of hydrogen-bond donors (Lipinski definition) is 6. The van der Waals surface area contributed by atoms with Crippen LogP contribution in [0.1, 0.15) is 6.23 Å². The Bertz CT molecular complexity index is 1200. The third-order valence-corrected chi connectivity index (χ3v) is 8.76. The zero-order chi connectivity index (χ0) is 25.1. The normalized spacial score (nSPS) is 41.2. The van der Waals surface area contributed by atoms with E-state index in [1.807, 2.05) is 0 Å². The number of nitrogen functional groups attached to an aromatic ring is 1. The van der Waals surface area contributed by atoms with Crippen molar-refractivity contribution >= 4 is 32.5 Å². The van der Waals surface area contributed by atoms with Crippen LogP contribution in [-0.2, 0) is 36.5 Å². The molecule has 10 atom stereocenters. The Morgan fingerprint density at radius 1 is 1.23 bits per heavy atom. The van der Waals surface area contributed by atoms with Gasteiger partial charge < -0.3 is 45.1 Å². The van der Waals surface area contributed by atoms with Crippen LogP contribution in [0, 0.1) is 0 Å². The molecule has 3 aliphatic rings. The lowest BCUT2D eigenvalue weighted by atomic mass is 10.1. The van der Waals surface area contributed by atoms with Gasteiger partial charge >= 0.3 is 15.6 Å². The molecular formula is C16H22N4O13P2. The maximum Gasteiger partial charge on any atom is 0.484 e. The summed E-state index contributed by atoms with van der Waals surface area (Å²) in [5.74, 6) is 0.163. The highest BCUT2D eigenvalue weighted by Gasteiger charge is 2.56. The van der Waals surface area contributed by atoms with Crippen LogP contribution in [0.5, 0.6) is 0 Å². The molecule has 2 aromatic rings. The van der Waals surface area contributed by atoms with Crippen molar-refractivity contribution in [2.24, 2.45) is 0 Å². The number of aliphatic hydroxyl groups excluding tert-OH is 4. The quantitative estimate of drug-likeness (QED) is 0.225. The number of nitrogens with zero attached hydrogens (tertiary/aromatic N) is 3. The van der Waals surface area contributed by atoms with Gasteiger partial charge in [0.15, 0.2) is 18.3 Å². The second-order valence-corrected chi connectivity index (χ2v) is 11.1. The summed E-state index contributed by atoms with van der Waals surface area (Å²) in [5.41, 5.74) is 6.66. The molecule has 0 saturated carbocycles. The molecule has 194 valence electrons. The fourth-order valence-corrected chi connectivity index (χ4v) is 6.91. The Kier molecular flexibility index (Phi) is 6.51. The van der Waals surface area contributed by atoms with Gasteiger partial charge in [-0.05, 0) is 6.07 Å². The van der Waals surface area contributed by atoms with Crippen LogP contribution in [0.3, 0.4) is 0 Å². The van der Waals surface area contributed by atoms with Gasteiger partial charge in [0.25, 0.3) is 0 Å². The summed E-state index contributed by atoms with van der Waals surface area (Å²) < 4.78 is 57.0. The van der Waals surface area contributed by atoms with Gasteiger partial charge in [0, 0.05) is 6.20 Å². The van der Waals surface area contributed by atoms with Crippen LogP contribution < -0.4 is 5.73 Å². The number of hydrogen-bond acceptors (Lipinski definition) is 15. The first kappa shape index (κ1) is 25.1. The zero-order valence-corrected chi connectivity index (χ0v) is 19.4. The largest absolute Gasteiger partial charge is 0.484 e. The molecule has 17 nitrogen and oxygen atoms in total. The first-order valence-electron chi connectivity index (χ1n) is 10.2. The van der Waals surface area contributed by atoms with Gasteiger partial charge in [-0.15, -0.1) is 0 Å². The molecule has 5 heterocycles. The summed E-state index contributed by atoms with van der Waals surface area (Å²) in [6.45, 7) is -1.16. The second kappa shape index (κ2) is 9.08. The van der Waals surface area contributed by atoms with Crippen molar-refractivity contribution in [1.82, 2.24) is 14.5 Å². The molecule has 0 aliphatic carbocycles. The Labute approximate surface area is 196 Å². The average Bonchev–Trinajstić information content (AvgIpc) is 3.44. The summed E-state index contributed by atoms with van der Waals surface area (Å²) in [5, 5.41) is 39.5. The van der Waals surface area contributed by atoms with Gasteiger partial charge in [-0.1, -0.05) is 0 Å². The van der Waals surface area contributed by atoms with Gasteiger partial charge in [-0.2, -0.15) is 4.31 Å². The summed E-state index contributed by atoms with van der Waals surface area (Å²) in [7, 11) is -10.1. The van der Waals surface area contributed by atoms with E-state index in [1.54, 1.807) is 6.07 Å². The fraction of sp³-hybridized carbons (Fsp3) is 0.625. The Balaban J connectivity index is 1.29. The van der Waals surface area contributed by atoms with E-state index >= 15 is 0 Å². The summed E-state index contributed by atoms with van der Waals surface area (Å²) in [4.78, 5) is 18.1. The average molecular weight is 540 g/mol. The van der Waals surface area contributed by atoms with E-state index in [4.69, 9.17) is 29.4 Å². The molecule has 0 aromatic carbocycles. The number of rotatable bonds is 6. The maximum absolute atomic E-state index is 12.9. The van der Waals surface area contributed by atoms with Crippen molar-refractivity contribution in [3.05, 3.63) is 18.6 Å². The van der Waals surface area contributed by atoms with Crippen LogP contribution in [0.4, 0.5) is 5.82 Å². The van der Waals surface area contributed by atoms with Crippen molar-refractivity contribution in [3.63, 3.8) is 0 Å². The van der Waals surface area contributed by atoms with Gasteiger partial charge in [0.05, 0.1) is 25.1 Å². The second-order valence-electron chi connectivity index (χ2n) is 7.95. The van der Waals surface area contributed by atoms with Crippen LogP contribution in [0.25, 0.3) is 11.0 Å². The van der Waals surface area contributed by atoms with Gasteiger partial charge in [0.2, 0.25) is 0 Å². The minimum atomic E-state index is -5.28. The number of anilines is 1. The number of aromatic nitrogens is 3. The standard InChI is InChI=1S/C16H22N4O13P2/c17-14-9-6(1-2-18-14)20(5-19-9)15-12(24)13-8(29-15)4-28-35(27,31-13)33-34(25,26)32-16-11(23)10(22)7(3-21)30-16/h1-2,5,7-8,10-13,15-16,21-24H,3-4H2,(H2,17,18)(H,25,26)/t7-,8-,10-,11-,12-,13-,15-,16+,35-/m1/s1. The molecule has 1 unspecified atom stereocenters. The highest BCUT2D eigenvalue weighted by atomic mass is 31.3. The molecule has 0 amide bonds. The monoisotopic (exact) mass is 540 g/mol. The number of nitrogens with two attached hydrogens (primary N) is 1. The molecular weight excluding hydrogens is 518 g/mol. The Morgan fingerprint density at radius 3 is 2.71 bits per heavy atom. The molecule has 0 spiro atoms. The topological polar surface area (TPSA) is 247 Å². The highest BCUT2D eigenvalue weighted by molar-refractivity contribution is 7.61. The van der Waals surface area contributed by atoms with Gasteiger partial charge in [0.1, 0.15) is 42.1 Å². The Morgan fingerprint density at radius 2 is 2.00 bits per heavy atom. The Hall–Kier alpha value is -1.56.